The standard InChI is InChI=1S/C9H10F2N2OS2/c1-9(2,3)15-7-5(4-12)6(13-16-7)14-8(10)11/h8H,1-3H3. The molecule has 0 spiro atoms. The minimum absolute atomic E-state index is 0.0882. The van der Waals surface area contributed by atoms with E-state index in [4.69, 9.17) is 5.26 Å². The van der Waals surface area contributed by atoms with Crippen LogP contribution in [-0.4, -0.2) is 15.7 Å². The van der Waals surface area contributed by atoms with Crippen LogP contribution in [0.1, 0.15) is 26.3 Å². The van der Waals surface area contributed by atoms with E-state index in [-0.39, 0.29) is 16.2 Å². The first kappa shape index (κ1) is 13.2. The minimum Gasteiger partial charge on any atom is -0.414 e. The monoisotopic (exact) mass is 264 g/mol. The number of thioether (sulfide) groups is 1. The minimum atomic E-state index is -2.96. The molecule has 7 heteroatoms. The Morgan fingerprint density at radius 1 is 1.50 bits per heavy atom. The Balaban J connectivity index is 2.96. The zero-order valence-corrected chi connectivity index (χ0v) is 10.6. The van der Waals surface area contributed by atoms with Gasteiger partial charge in [-0.1, -0.05) is 20.8 Å². The third kappa shape index (κ3) is 3.61. The highest BCUT2D eigenvalue weighted by molar-refractivity contribution is 8.02. The number of ether oxygens (including phenoxy) is 1. The van der Waals surface area contributed by atoms with Gasteiger partial charge < -0.3 is 4.74 Å². The summed E-state index contributed by atoms with van der Waals surface area (Å²) in [6.07, 6.45) is 0. The average molecular weight is 264 g/mol. The number of aromatic nitrogens is 1. The lowest BCUT2D eigenvalue weighted by atomic mass is 10.3. The van der Waals surface area contributed by atoms with Crippen LogP contribution in [0.25, 0.3) is 0 Å². The summed E-state index contributed by atoms with van der Waals surface area (Å²) in [5.41, 5.74) is 0.0882. The Hall–Kier alpha value is -0.870. The zero-order chi connectivity index (χ0) is 12.3. The predicted molar refractivity (Wildman–Crippen MR) is 59.1 cm³/mol. The molecule has 0 aliphatic rings. The molecule has 1 aromatic rings. The van der Waals surface area contributed by atoms with Crippen molar-refractivity contribution in [1.29, 1.82) is 5.26 Å². The maximum absolute atomic E-state index is 12.0. The van der Waals surface area contributed by atoms with Crippen LogP contribution in [0.4, 0.5) is 8.78 Å². The van der Waals surface area contributed by atoms with Crippen molar-refractivity contribution in [3.05, 3.63) is 5.56 Å². The quantitative estimate of drug-likeness (QED) is 0.784. The summed E-state index contributed by atoms with van der Waals surface area (Å²) in [6.45, 7) is 2.94. The number of hydrogen-bond acceptors (Lipinski definition) is 5. The van der Waals surface area contributed by atoms with Crippen LogP contribution in [0.15, 0.2) is 4.21 Å². The first-order valence-electron chi connectivity index (χ1n) is 4.37. The highest BCUT2D eigenvalue weighted by atomic mass is 32.2. The van der Waals surface area contributed by atoms with Crippen molar-refractivity contribution in [2.75, 3.05) is 0 Å². The lowest BCUT2D eigenvalue weighted by molar-refractivity contribution is -0.0524. The Bertz CT molecular complexity index is 407. The normalized spacial score (nSPS) is 11.6. The molecule has 1 rings (SSSR count). The average Bonchev–Trinajstić information content (AvgIpc) is 2.43. The first-order chi connectivity index (χ1) is 7.33. The molecule has 0 aromatic carbocycles. The topological polar surface area (TPSA) is 45.9 Å². The van der Waals surface area contributed by atoms with Gasteiger partial charge >= 0.3 is 6.61 Å². The Morgan fingerprint density at radius 3 is 2.56 bits per heavy atom. The van der Waals surface area contributed by atoms with Gasteiger partial charge in [0.1, 0.15) is 15.8 Å². The van der Waals surface area contributed by atoms with Gasteiger partial charge in [-0.2, -0.15) is 18.4 Å². The van der Waals surface area contributed by atoms with Gasteiger partial charge in [-0.25, -0.2) is 0 Å². The number of nitriles is 1. The van der Waals surface area contributed by atoms with Gasteiger partial charge in [0, 0.05) is 4.75 Å². The van der Waals surface area contributed by atoms with E-state index in [1.54, 1.807) is 0 Å². The van der Waals surface area contributed by atoms with Crippen molar-refractivity contribution in [2.45, 2.75) is 36.3 Å². The van der Waals surface area contributed by atoms with E-state index < -0.39 is 6.61 Å². The Kier molecular flexibility index (Phi) is 4.10. The van der Waals surface area contributed by atoms with Crippen LogP contribution < -0.4 is 4.74 Å². The van der Waals surface area contributed by atoms with Crippen LogP contribution in [0.5, 0.6) is 5.88 Å². The molecule has 0 amide bonds. The second-order valence-electron chi connectivity index (χ2n) is 3.85. The van der Waals surface area contributed by atoms with E-state index in [0.29, 0.717) is 4.21 Å². The molecule has 0 aliphatic heterocycles. The van der Waals surface area contributed by atoms with Crippen molar-refractivity contribution in [3.63, 3.8) is 0 Å². The summed E-state index contributed by atoms with van der Waals surface area (Å²) in [6, 6.07) is 1.84. The summed E-state index contributed by atoms with van der Waals surface area (Å²) < 4.78 is 32.4. The summed E-state index contributed by atoms with van der Waals surface area (Å²) >= 11 is 2.41. The van der Waals surface area contributed by atoms with Gasteiger partial charge in [0.2, 0.25) is 5.88 Å². The molecule has 1 heterocycles. The molecule has 0 unspecified atom stereocenters. The van der Waals surface area contributed by atoms with Gasteiger partial charge in [0.05, 0.1) is 0 Å². The second kappa shape index (κ2) is 4.97. The third-order valence-corrected chi connectivity index (χ3v) is 3.44. The van der Waals surface area contributed by atoms with Gasteiger partial charge in [0.25, 0.3) is 0 Å². The summed E-state index contributed by atoms with van der Waals surface area (Å²) in [5.74, 6) is -0.283. The molecule has 0 fully saturated rings. The number of nitrogens with zero attached hydrogens (tertiary/aromatic N) is 2. The van der Waals surface area contributed by atoms with E-state index in [9.17, 15) is 8.78 Å². The second-order valence-corrected chi connectivity index (χ2v) is 6.72. The summed E-state index contributed by atoms with van der Waals surface area (Å²) in [7, 11) is 0. The number of alkyl halides is 2. The molecule has 0 atom stereocenters. The van der Waals surface area contributed by atoms with Gasteiger partial charge in [-0.15, -0.1) is 11.8 Å². The van der Waals surface area contributed by atoms with Crippen LogP contribution in [-0.2, 0) is 0 Å². The lowest BCUT2D eigenvalue weighted by Gasteiger charge is -2.15. The summed E-state index contributed by atoms with van der Waals surface area (Å²) in [5, 5.41) is 8.88. The van der Waals surface area contributed by atoms with Crippen molar-refractivity contribution in [1.82, 2.24) is 4.37 Å². The fraction of sp³-hybridized carbons (Fsp3) is 0.556. The Morgan fingerprint density at radius 2 is 2.12 bits per heavy atom. The van der Waals surface area contributed by atoms with Crippen LogP contribution in [0.2, 0.25) is 0 Å². The fourth-order valence-electron chi connectivity index (χ4n) is 0.868. The maximum atomic E-state index is 12.0. The van der Waals surface area contributed by atoms with Crippen molar-refractivity contribution < 1.29 is 13.5 Å². The molecule has 0 saturated heterocycles. The van der Waals surface area contributed by atoms with Crippen LogP contribution in [0, 0.1) is 11.3 Å². The van der Waals surface area contributed by atoms with Crippen molar-refractivity contribution >= 4 is 23.3 Å². The third-order valence-electron chi connectivity index (χ3n) is 1.34. The number of rotatable bonds is 3. The first-order valence-corrected chi connectivity index (χ1v) is 5.96. The van der Waals surface area contributed by atoms with E-state index in [0.717, 1.165) is 11.5 Å². The number of halogens is 2. The molecular formula is C9H10F2N2OS2. The fourth-order valence-corrected chi connectivity index (χ4v) is 3.19. The van der Waals surface area contributed by atoms with E-state index in [1.165, 1.54) is 11.8 Å². The predicted octanol–water partition coefficient (Wildman–Crippen LogP) is 3.51. The molecule has 0 N–H and O–H groups in total. The molecule has 3 nitrogen and oxygen atoms in total. The molecule has 0 radical (unpaired) electrons. The molecule has 0 bridgehead atoms. The van der Waals surface area contributed by atoms with Crippen molar-refractivity contribution in [2.24, 2.45) is 0 Å². The van der Waals surface area contributed by atoms with Crippen molar-refractivity contribution in [3.8, 4) is 11.9 Å². The van der Waals surface area contributed by atoms with E-state index in [2.05, 4.69) is 9.11 Å². The van der Waals surface area contributed by atoms with E-state index in [1.807, 2.05) is 26.8 Å². The smallest absolute Gasteiger partial charge is 0.388 e. The molecule has 1 aromatic heterocycles. The van der Waals surface area contributed by atoms with Gasteiger partial charge in [0.15, 0.2) is 0 Å². The highest BCUT2D eigenvalue weighted by Crippen LogP contribution is 2.40. The molecule has 88 valence electrons. The van der Waals surface area contributed by atoms with Crippen LogP contribution >= 0.6 is 23.3 Å². The SMILES string of the molecule is CC(C)(C)Sc1snc(OC(F)F)c1C#N. The van der Waals surface area contributed by atoms with Gasteiger partial charge in [-0.3, -0.25) is 0 Å². The van der Waals surface area contributed by atoms with Gasteiger partial charge in [-0.05, 0) is 11.5 Å². The molecule has 0 aliphatic carbocycles. The number of hydrogen-bond donors (Lipinski definition) is 0. The molecule has 16 heavy (non-hydrogen) atoms. The van der Waals surface area contributed by atoms with E-state index >= 15 is 0 Å². The van der Waals surface area contributed by atoms with Crippen LogP contribution in [0.3, 0.4) is 0 Å². The zero-order valence-electron chi connectivity index (χ0n) is 8.95. The summed E-state index contributed by atoms with van der Waals surface area (Å²) in [4.78, 5) is 0. The lowest BCUT2D eigenvalue weighted by Crippen LogP contribution is -2.06. The largest absolute Gasteiger partial charge is 0.414 e. The maximum Gasteiger partial charge on any atom is 0.388 e. The molecule has 0 saturated carbocycles. The highest BCUT2D eigenvalue weighted by Gasteiger charge is 2.22. The Labute approximate surface area is 101 Å². The molecular weight excluding hydrogens is 254 g/mol.